The van der Waals surface area contributed by atoms with Crippen LogP contribution in [0.5, 0.6) is 0 Å². The molecule has 3 heterocycles. The zero-order valence-electron chi connectivity index (χ0n) is 17.6. The average Bonchev–Trinajstić information content (AvgIpc) is 3.43. The molecule has 0 atom stereocenters. The van der Waals surface area contributed by atoms with Crippen LogP contribution in [0.4, 0.5) is 5.69 Å². The van der Waals surface area contributed by atoms with E-state index in [4.69, 9.17) is 11.6 Å². The molecule has 32 heavy (non-hydrogen) atoms. The van der Waals surface area contributed by atoms with Crippen LogP contribution >= 0.6 is 23.4 Å². The van der Waals surface area contributed by atoms with Crippen molar-refractivity contribution in [1.29, 1.82) is 0 Å². The number of carbonyl (C=O) groups is 1. The van der Waals surface area contributed by atoms with Gasteiger partial charge in [0.1, 0.15) is 0 Å². The van der Waals surface area contributed by atoms with E-state index >= 15 is 0 Å². The molecule has 0 bridgehead atoms. The van der Waals surface area contributed by atoms with E-state index in [9.17, 15) is 4.79 Å². The average molecular weight is 464 g/mol. The number of nitrogens with one attached hydrogen (secondary N) is 1. The van der Waals surface area contributed by atoms with E-state index in [0.717, 1.165) is 64.4 Å². The minimum Gasteiger partial charge on any atom is -0.368 e. The van der Waals surface area contributed by atoms with Gasteiger partial charge in [-0.25, -0.2) is 0 Å². The van der Waals surface area contributed by atoms with Crippen molar-refractivity contribution >= 4 is 46.2 Å². The van der Waals surface area contributed by atoms with Crippen molar-refractivity contribution in [3.63, 3.8) is 0 Å². The molecule has 1 N–H and O–H groups in total. The number of aliphatic imine (C=N–C) groups is 1. The highest BCUT2D eigenvalue weighted by Gasteiger charge is 2.29. The first kappa shape index (κ1) is 20.8. The number of hydrogen-bond donors (Lipinski definition) is 1. The smallest absolute Gasteiger partial charge is 0.286 e. The molecule has 0 aliphatic carbocycles. The number of aryl methyl sites for hydroxylation is 1. The Kier molecular flexibility index (Phi) is 5.76. The third-order valence-electron chi connectivity index (χ3n) is 5.70. The monoisotopic (exact) mass is 463 g/mol. The number of benzene rings is 2. The Hall–Kier alpha value is -3.03. The second-order valence-electron chi connectivity index (χ2n) is 7.78. The van der Waals surface area contributed by atoms with Gasteiger partial charge in [0.15, 0.2) is 5.17 Å². The highest BCUT2D eigenvalue weighted by atomic mass is 35.5. The van der Waals surface area contributed by atoms with Gasteiger partial charge >= 0.3 is 0 Å². The molecular weight excluding hydrogens is 442 g/mol. The van der Waals surface area contributed by atoms with Crippen molar-refractivity contribution in [1.82, 2.24) is 15.1 Å². The molecule has 6 nitrogen and oxygen atoms in total. The van der Waals surface area contributed by atoms with E-state index < -0.39 is 0 Å². The molecule has 8 heteroatoms. The Morgan fingerprint density at radius 3 is 2.56 bits per heavy atom. The number of amidine groups is 1. The number of hydrogen-bond acceptors (Lipinski definition) is 5. The number of H-pyrrole nitrogens is 1. The molecule has 1 aromatic heterocycles. The van der Waals surface area contributed by atoms with Crippen molar-refractivity contribution < 1.29 is 4.79 Å². The van der Waals surface area contributed by atoms with E-state index in [0.29, 0.717) is 4.91 Å². The summed E-state index contributed by atoms with van der Waals surface area (Å²) in [6.45, 7) is 5.32. The van der Waals surface area contributed by atoms with Crippen LogP contribution in [-0.2, 0) is 4.79 Å². The maximum Gasteiger partial charge on any atom is 0.286 e. The van der Waals surface area contributed by atoms with Crippen molar-refractivity contribution in [2.24, 2.45) is 4.99 Å². The summed E-state index contributed by atoms with van der Waals surface area (Å²) in [7, 11) is 0. The Bertz CT molecular complexity index is 1210. The standard InChI is InChI=1S/C24H22ClN5OS/c1-16-7-8-19(14-20(16)25)29-9-11-30(12-10-29)24-27-23(31)21(32-24)13-18-15-26-28-22(18)17-5-3-2-4-6-17/h2-8,13-15H,9-12H2,1H3,(H,26,28). The Labute approximate surface area is 196 Å². The third-order valence-corrected chi connectivity index (χ3v) is 7.15. The van der Waals surface area contributed by atoms with Gasteiger partial charge in [-0.3, -0.25) is 9.89 Å². The lowest BCUT2D eigenvalue weighted by atomic mass is 10.1. The van der Waals surface area contributed by atoms with E-state index in [1.54, 1.807) is 6.20 Å². The van der Waals surface area contributed by atoms with E-state index in [2.05, 4.69) is 37.1 Å². The fourth-order valence-corrected chi connectivity index (χ4v) is 4.98. The first-order valence-corrected chi connectivity index (χ1v) is 11.7. The largest absolute Gasteiger partial charge is 0.368 e. The number of halogens is 1. The molecule has 162 valence electrons. The van der Waals surface area contributed by atoms with Crippen LogP contribution < -0.4 is 4.90 Å². The Morgan fingerprint density at radius 2 is 1.81 bits per heavy atom. The molecule has 5 rings (SSSR count). The fraction of sp³-hybridized carbons (Fsp3) is 0.208. The van der Waals surface area contributed by atoms with Gasteiger partial charge in [-0.2, -0.15) is 10.1 Å². The van der Waals surface area contributed by atoms with Crippen LogP contribution in [-0.4, -0.2) is 52.4 Å². The highest BCUT2D eigenvalue weighted by molar-refractivity contribution is 8.18. The molecule has 2 aliphatic rings. The van der Waals surface area contributed by atoms with Crippen LogP contribution in [0.25, 0.3) is 17.3 Å². The summed E-state index contributed by atoms with van der Waals surface area (Å²) in [5, 5.41) is 8.76. The molecule has 1 saturated heterocycles. The van der Waals surface area contributed by atoms with Crippen molar-refractivity contribution in [3.8, 4) is 11.3 Å². The number of aromatic amines is 1. The Morgan fingerprint density at radius 1 is 1.06 bits per heavy atom. The highest BCUT2D eigenvalue weighted by Crippen LogP contribution is 2.33. The number of amides is 1. The van der Waals surface area contributed by atoms with Gasteiger partial charge in [0.05, 0.1) is 16.8 Å². The molecule has 2 aliphatic heterocycles. The van der Waals surface area contributed by atoms with Crippen molar-refractivity contribution in [3.05, 3.63) is 75.8 Å². The summed E-state index contributed by atoms with van der Waals surface area (Å²) < 4.78 is 0. The topological polar surface area (TPSA) is 64.6 Å². The number of carbonyl (C=O) groups excluding carboxylic acids is 1. The first-order chi connectivity index (χ1) is 15.6. The van der Waals surface area contributed by atoms with Gasteiger partial charge in [-0.1, -0.05) is 48.0 Å². The normalized spacial score (nSPS) is 17.9. The summed E-state index contributed by atoms with van der Waals surface area (Å²) >= 11 is 7.73. The maximum absolute atomic E-state index is 12.6. The Balaban J connectivity index is 1.26. The summed E-state index contributed by atoms with van der Waals surface area (Å²) in [5.41, 5.74) is 5.01. The molecule has 1 amide bonds. The summed E-state index contributed by atoms with van der Waals surface area (Å²) in [4.78, 5) is 22.0. The lowest BCUT2D eigenvalue weighted by Crippen LogP contribution is -2.47. The number of rotatable bonds is 3. The van der Waals surface area contributed by atoms with Gasteiger partial charge in [-0.05, 0) is 42.5 Å². The predicted molar refractivity (Wildman–Crippen MR) is 132 cm³/mol. The molecule has 0 saturated carbocycles. The number of nitrogens with zero attached hydrogens (tertiary/aromatic N) is 4. The number of aromatic nitrogens is 2. The van der Waals surface area contributed by atoms with Crippen molar-refractivity contribution in [2.45, 2.75) is 6.92 Å². The van der Waals surface area contributed by atoms with E-state index in [1.807, 2.05) is 49.4 Å². The van der Waals surface area contributed by atoms with Crippen LogP contribution in [0.15, 0.2) is 64.6 Å². The molecule has 2 aromatic carbocycles. The number of thioether (sulfide) groups is 1. The van der Waals surface area contributed by atoms with E-state index in [1.165, 1.54) is 11.8 Å². The SMILES string of the molecule is Cc1ccc(N2CCN(C3=NC(=O)C(=Cc4cn[nH]c4-c4ccccc4)S3)CC2)cc1Cl. The first-order valence-electron chi connectivity index (χ1n) is 10.5. The van der Waals surface area contributed by atoms with Gasteiger partial charge < -0.3 is 9.80 Å². The van der Waals surface area contributed by atoms with Gasteiger partial charge in [0.25, 0.3) is 5.91 Å². The zero-order chi connectivity index (χ0) is 22.1. The molecular formula is C24H22ClN5OS. The molecule has 0 spiro atoms. The zero-order valence-corrected chi connectivity index (χ0v) is 19.2. The summed E-state index contributed by atoms with van der Waals surface area (Å²) in [5.74, 6) is -0.196. The molecule has 0 unspecified atom stereocenters. The van der Waals surface area contributed by atoms with Crippen LogP contribution in [0.3, 0.4) is 0 Å². The van der Waals surface area contributed by atoms with Crippen LogP contribution in [0.2, 0.25) is 5.02 Å². The minimum absolute atomic E-state index is 0.196. The van der Waals surface area contributed by atoms with Gasteiger partial charge in [-0.15, -0.1) is 0 Å². The maximum atomic E-state index is 12.6. The predicted octanol–water partition coefficient (Wildman–Crippen LogP) is 4.83. The summed E-state index contributed by atoms with van der Waals surface area (Å²) in [6, 6.07) is 16.1. The molecule has 0 radical (unpaired) electrons. The van der Waals surface area contributed by atoms with Crippen molar-refractivity contribution in [2.75, 3.05) is 31.1 Å². The quantitative estimate of drug-likeness (QED) is 0.563. The third kappa shape index (κ3) is 4.18. The van der Waals surface area contributed by atoms with Crippen LogP contribution in [0, 0.1) is 6.92 Å². The lowest BCUT2D eigenvalue weighted by molar-refractivity contribution is -0.113. The minimum atomic E-state index is -0.196. The second kappa shape index (κ2) is 8.84. The summed E-state index contributed by atoms with van der Waals surface area (Å²) in [6.07, 6.45) is 3.62. The second-order valence-corrected chi connectivity index (χ2v) is 9.20. The number of piperazine rings is 1. The molecule has 3 aromatic rings. The van der Waals surface area contributed by atoms with Crippen LogP contribution in [0.1, 0.15) is 11.1 Å². The number of anilines is 1. The van der Waals surface area contributed by atoms with Gasteiger partial charge in [0, 0.05) is 48.0 Å². The van der Waals surface area contributed by atoms with Gasteiger partial charge in [0.2, 0.25) is 0 Å². The molecule has 1 fully saturated rings. The fourth-order valence-electron chi connectivity index (χ4n) is 3.85. The lowest BCUT2D eigenvalue weighted by Gasteiger charge is -2.36. The van der Waals surface area contributed by atoms with E-state index in [-0.39, 0.29) is 5.91 Å².